The van der Waals surface area contributed by atoms with Gasteiger partial charge in [0.05, 0.1) is 21.0 Å². The molecule has 2 rings (SSSR count). The molecule has 0 N–H and O–H groups in total. The molecule has 0 unspecified atom stereocenters. The first-order valence-electron chi connectivity index (χ1n) is 7.39. The second-order valence-electron chi connectivity index (χ2n) is 5.22. The number of rotatable bonds is 7. The van der Waals surface area contributed by atoms with E-state index in [2.05, 4.69) is 0 Å². The molecule has 2 aromatic rings. The van der Waals surface area contributed by atoms with Crippen LogP contribution < -0.4 is 0 Å². The molecule has 0 bridgehead atoms. The number of nitro groups is 2. The van der Waals surface area contributed by atoms with Gasteiger partial charge in [-0.3, -0.25) is 20.2 Å². The van der Waals surface area contributed by atoms with Crippen molar-refractivity contribution in [2.24, 2.45) is 0 Å². The summed E-state index contributed by atoms with van der Waals surface area (Å²) in [4.78, 5) is 20.6. The fourth-order valence-corrected chi connectivity index (χ4v) is 2.24. The monoisotopic (exact) mass is 358 g/mol. The standard InChI is InChI=1S/C16H14N4O6/c21-17(11-13-5-1-3-7-15(13)19(23)24)9-10-18(22)12-14-6-2-4-8-16(14)20(25)26/h1-10H,11-12H2/b17-9-,18-10+. The molecule has 134 valence electrons. The van der Waals surface area contributed by atoms with Gasteiger partial charge in [0.1, 0.15) is 0 Å². The summed E-state index contributed by atoms with van der Waals surface area (Å²) in [6.45, 7) is -0.625. The lowest BCUT2D eigenvalue weighted by Gasteiger charge is -2.05. The first-order valence-corrected chi connectivity index (χ1v) is 7.39. The van der Waals surface area contributed by atoms with Crippen molar-refractivity contribution < 1.29 is 19.3 Å². The number of nitro benzene ring substituents is 2. The van der Waals surface area contributed by atoms with Crippen LogP contribution >= 0.6 is 0 Å². The van der Waals surface area contributed by atoms with Crippen molar-refractivity contribution >= 4 is 23.8 Å². The van der Waals surface area contributed by atoms with Crippen molar-refractivity contribution in [2.45, 2.75) is 13.1 Å². The summed E-state index contributed by atoms with van der Waals surface area (Å²) >= 11 is 0. The Labute approximate surface area is 147 Å². The molecule has 0 aliphatic heterocycles. The van der Waals surface area contributed by atoms with Crippen LogP contribution in [0.5, 0.6) is 0 Å². The van der Waals surface area contributed by atoms with E-state index in [9.17, 15) is 30.6 Å². The van der Waals surface area contributed by atoms with Crippen molar-refractivity contribution in [1.29, 1.82) is 0 Å². The summed E-state index contributed by atoms with van der Waals surface area (Å²) in [6, 6.07) is 11.5. The maximum Gasteiger partial charge on any atom is 0.278 e. The van der Waals surface area contributed by atoms with Crippen molar-refractivity contribution in [3.63, 3.8) is 0 Å². The van der Waals surface area contributed by atoms with Gasteiger partial charge in [0, 0.05) is 12.1 Å². The number of hydroxylamine groups is 2. The molecule has 0 aliphatic carbocycles. The van der Waals surface area contributed by atoms with Gasteiger partial charge in [0.2, 0.25) is 12.4 Å². The average Bonchev–Trinajstić information content (AvgIpc) is 2.60. The highest BCUT2D eigenvalue weighted by Crippen LogP contribution is 2.18. The second-order valence-corrected chi connectivity index (χ2v) is 5.22. The highest BCUT2D eigenvalue weighted by atomic mass is 16.6. The summed E-state index contributed by atoms with van der Waals surface area (Å²) in [6.07, 6.45) is 1.83. The molecule has 0 saturated carbocycles. The molecule has 0 spiro atoms. The number of hydrogen-bond donors (Lipinski definition) is 0. The summed E-state index contributed by atoms with van der Waals surface area (Å²) in [5.74, 6) is 0. The van der Waals surface area contributed by atoms with Gasteiger partial charge < -0.3 is 10.4 Å². The number of nitrogens with zero attached hydrogens (tertiary/aromatic N) is 4. The minimum Gasteiger partial charge on any atom is -0.623 e. The molecular formula is C16H14N4O6. The first-order chi connectivity index (χ1) is 12.4. The first kappa shape index (κ1) is 18.5. The SMILES string of the molecule is O=[N+]([O-])c1ccccc1C/[N+]([O-])=C/C=[N+](/[O-])Cc1ccccc1[N+](=O)[O-]. The van der Waals surface area contributed by atoms with Crippen LogP contribution in [0.15, 0.2) is 48.5 Å². The van der Waals surface area contributed by atoms with Gasteiger partial charge in [-0.15, -0.1) is 0 Å². The van der Waals surface area contributed by atoms with E-state index < -0.39 is 9.85 Å². The van der Waals surface area contributed by atoms with E-state index in [0.717, 1.165) is 12.4 Å². The predicted molar refractivity (Wildman–Crippen MR) is 93.0 cm³/mol. The van der Waals surface area contributed by atoms with E-state index in [1.54, 1.807) is 12.1 Å². The van der Waals surface area contributed by atoms with Crippen LogP contribution in [-0.2, 0) is 13.1 Å². The van der Waals surface area contributed by atoms with Gasteiger partial charge in [-0.2, -0.15) is 0 Å². The van der Waals surface area contributed by atoms with Crippen molar-refractivity contribution in [3.8, 4) is 0 Å². The molecule has 0 radical (unpaired) electrons. The van der Waals surface area contributed by atoms with Crippen LogP contribution in [0.2, 0.25) is 0 Å². The molecule has 2 aromatic carbocycles. The van der Waals surface area contributed by atoms with Gasteiger partial charge in [-0.1, -0.05) is 24.3 Å². The largest absolute Gasteiger partial charge is 0.623 e. The summed E-state index contributed by atoms with van der Waals surface area (Å²) < 4.78 is 0.735. The van der Waals surface area contributed by atoms with Gasteiger partial charge in [0.25, 0.3) is 11.4 Å². The predicted octanol–water partition coefficient (Wildman–Crippen LogP) is 2.37. The molecule has 0 aromatic heterocycles. The normalized spacial score (nSPS) is 12.0. The van der Waals surface area contributed by atoms with Crippen LogP contribution in [0.3, 0.4) is 0 Å². The lowest BCUT2D eigenvalue weighted by molar-refractivity contribution is -0.484. The highest BCUT2D eigenvalue weighted by molar-refractivity contribution is 6.11. The lowest BCUT2D eigenvalue weighted by atomic mass is 10.2. The van der Waals surface area contributed by atoms with E-state index in [-0.39, 0.29) is 35.6 Å². The Hall–Kier alpha value is -3.82. The Balaban J connectivity index is 2.13. The highest BCUT2D eigenvalue weighted by Gasteiger charge is 2.16. The Bertz CT molecular complexity index is 820. The molecule has 10 heteroatoms. The van der Waals surface area contributed by atoms with Crippen molar-refractivity contribution in [2.75, 3.05) is 0 Å². The maximum atomic E-state index is 11.9. The molecule has 0 fully saturated rings. The number of benzene rings is 2. The Kier molecular flexibility index (Phi) is 5.93. The summed E-state index contributed by atoms with van der Waals surface area (Å²) in [5.41, 5.74) is 0.0165. The molecule has 0 amide bonds. The quantitative estimate of drug-likeness (QED) is 0.245. The van der Waals surface area contributed by atoms with Crippen LogP contribution in [0.25, 0.3) is 0 Å². The van der Waals surface area contributed by atoms with Crippen LogP contribution in [0.4, 0.5) is 11.4 Å². The molecule has 0 aliphatic rings. The molecule has 10 nitrogen and oxygen atoms in total. The van der Waals surface area contributed by atoms with Crippen LogP contribution in [-0.4, -0.2) is 31.8 Å². The van der Waals surface area contributed by atoms with Gasteiger partial charge >= 0.3 is 0 Å². The van der Waals surface area contributed by atoms with Gasteiger partial charge in [0.15, 0.2) is 13.1 Å². The third kappa shape index (κ3) is 4.84. The Morgan fingerprint density at radius 3 is 1.35 bits per heavy atom. The minimum atomic E-state index is -0.596. The Morgan fingerprint density at radius 2 is 1.00 bits per heavy atom. The van der Waals surface area contributed by atoms with E-state index in [4.69, 9.17) is 0 Å². The summed E-state index contributed by atoms with van der Waals surface area (Å²) in [5, 5.41) is 45.5. The molecule has 0 atom stereocenters. The minimum absolute atomic E-state index is 0.194. The molecule has 0 saturated heterocycles. The van der Waals surface area contributed by atoms with Gasteiger partial charge in [-0.05, 0) is 12.1 Å². The van der Waals surface area contributed by atoms with Crippen LogP contribution in [0, 0.1) is 30.6 Å². The number of hydrogen-bond acceptors (Lipinski definition) is 6. The van der Waals surface area contributed by atoms with Crippen molar-refractivity contribution in [3.05, 3.63) is 90.3 Å². The lowest BCUT2D eigenvalue weighted by Crippen LogP contribution is -2.13. The molecule has 0 heterocycles. The van der Waals surface area contributed by atoms with E-state index in [1.165, 1.54) is 36.4 Å². The van der Waals surface area contributed by atoms with Crippen LogP contribution in [0.1, 0.15) is 11.1 Å². The Morgan fingerprint density at radius 1 is 0.654 bits per heavy atom. The second kappa shape index (κ2) is 8.33. The van der Waals surface area contributed by atoms with E-state index in [0.29, 0.717) is 9.48 Å². The zero-order chi connectivity index (χ0) is 19.1. The maximum absolute atomic E-state index is 11.9. The smallest absolute Gasteiger partial charge is 0.278 e. The van der Waals surface area contributed by atoms with Gasteiger partial charge in [-0.25, -0.2) is 9.48 Å². The zero-order valence-electron chi connectivity index (χ0n) is 13.4. The fraction of sp³-hybridized carbons (Fsp3) is 0.125. The number of para-hydroxylation sites is 2. The van der Waals surface area contributed by atoms with E-state index in [1.807, 2.05) is 0 Å². The third-order valence-electron chi connectivity index (χ3n) is 3.43. The van der Waals surface area contributed by atoms with Crippen molar-refractivity contribution in [1.82, 2.24) is 0 Å². The average molecular weight is 358 g/mol. The molecular weight excluding hydrogens is 344 g/mol. The topological polar surface area (TPSA) is 138 Å². The summed E-state index contributed by atoms with van der Waals surface area (Å²) in [7, 11) is 0. The third-order valence-corrected chi connectivity index (χ3v) is 3.43. The fourth-order valence-electron chi connectivity index (χ4n) is 2.24. The molecule has 26 heavy (non-hydrogen) atoms. The van der Waals surface area contributed by atoms with E-state index >= 15 is 0 Å². The zero-order valence-corrected chi connectivity index (χ0v) is 13.4.